The van der Waals surface area contributed by atoms with Gasteiger partial charge in [-0.3, -0.25) is 24.7 Å². The van der Waals surface area contributed by atoms with Crippen LogP contribution in [-0.4, -0.2) is 178 Å². The number of likely N-dealkylation sites (tertiary alicyclic amines) is 1. The van der Waals surface area contributed by atoms with Gasteiger partial charge in [-0.1, -0.05) is 89.8 Å². The largest absolute Gasteiger partial charge is 0.378 e. The zero-order valence-corrected chi connectivity index (χ0v) is 48.5. The minimum atomic E-state index is -3.73. The molecule has 2 saturated heterocycles. The van der Waals surface area contributed by atoms with E-state index in [1.165, 1.54) is 10.7 Å². The van der Waals surface area contributed by atoms with E-state index in [4.69, 9.17) is 29.3 Å². The zero-order chi connectivity index (χ0) is 56.2. The lowest BCUT2D eigenvalue weighted by molar-refractivity contribution is -0.144. The van der Waals surface area contributed by atoms with E-state index < -0.39 is 33.4 Å². The Labute approximate surface area is 471 Å². The summed E-state index contributed by atoms with van der Waals surface area (Å²) in [7, 11) is -3.73. The Morgan fingerprint density at radius 2 is 1.49 bits per heavy atom. The van der Waals surface area contributed by atoms with Crippen LogP contribution in [0.4, 0.5) is 11.8 Å². The summed E-state index contributed by atoms with van der Waals surface area (Å²) in [5, 5.41) is 21.9. The highest BCUT2D eigenvalue weighted by atomic mass is 32.2. The van der Waals surface area contributed by atoms with Gasteiger partial charge in [-0.05, 0) is 67.7 Å². The SMILES string of the molecule is CCCCNc1ncc(C(=N)c2ccc(S(=O)(=O)N3CCN(CCOCCOCCOCCOCC(=O)NC(C(=O)N4CCC[C@H]4C(=O)NCc4ccc(-c5scnc5C)cc4)C(C)(C)C)CC3)cc2)c(NC2CCCCC2)n1. The van der Waals surface area contributed by atoms with Gasteiger partial charge >= 0.3 is 0 Å². The maximum absolute atomic E-state index is 13.9. The molecule has 3 amide bonds. The van der Waals surface area contributed by atoms with Crippen LogP contribution in [0.5, 0.6) is 0 Å². The van der Waals surface area contributed by atoms with Crippen LogP contribution in [0.3, 0.4) is 0 Å². The van der Waals surface area contributed by atoms with Crippen LogP contribution in [0.2, 0.25) is 0 Å². The number of hydrogen-bond acceptors (Lipinski definition) is 17. The third-order valence-electron chi connectivity index (χ3n) is 14.5. The second kappa shape index (κ2) is 30.4. The van der Waals surface area contributed by atoms with E-state index in [0.29, 0.717) is 115 Å². The first kappa shape index (κ1) is 61.2. The molecule has 1 saturated carbocycles. The van der Waals surface area contributed by atoms with Crippen molar-refractivity contribution in [2.24, 2.45) is 5.41 Å². The molecule has 3 fully saturated rings. The molecule has 2 atom stereocenters. The van der Waals surface area contributed by atoms with E-state index in [9.17, 15) is 22.8 Å². The highest BCUT2D eigenvalue weighted by Gasteiger charge is 2.42. The zero-order valence-electron chi connectivity index (χ0n) is 46.9. The number of sulfonamides is 1. The monoisotopic (exact) mass is 1130 g/mol. The first-order valence-electron chi connectivity index (χ1n) is 28.1. The van der Waals surface area contributed by atoms with Gasteiger partial charge in [-0.2, -0.15) is 9.29 Å². The number of aromatic nitrogens is 3. The first-order chi connectivity index (χ1) is 38.1. The number of carbonyl (C=O) groups is 3. The van der Waals surface area contributed by atoms with Gasteiger partial charge in [0.15, 0.2) is 0 Å². The number of nitrogens with zero attached hydrogens (tertiary/aromatic N) is 6. The topological polar surface area (TPSA) is 243 Å². The Hall–Kier alpha value is -5.46. The number of nitrogens with one attached hydrogen (secondary N) is 5. The number of hydrogen-bond donors (Lipinski definition) is 5. The molecule has 0 radical (unpaired) electrons. The molecule has 2 aromatic heterocycles. The molecule has 2 aromatic carbocycles. The quantitative estimate of drug-likeness (QED) is 0.0277. The molecule has 22 heteroatoms. The number of anilines is 2. The number of thiazole rings is 1. The Kier molecular flexibility index (Phi) is 23.5. The maximum atomic E-state index is 13.9. The van der Waals surface area contributed by atoms with Gasteiger partial charge in [0.05, 0.1) is 78.5 Å². The number of carbonyl (C=O) groups excluding carboxylic acids is 3. The maximum Gasteiger partial charge on any atom is 0.246 e. The summed E-state index contributed by atoms with van der Waals surface area (Å²) < 4.78 is 51.5. The first-order valence-corrected chi connectivity index (χ1v) is 30.4. The van der Waals surface area contributed by atoms with Gasteiger partial charge < -0.3 is 45.1 Å². The molecule has 79 heavy (non-hydrogen) atoms. The number of aryl methyl sites for hydroxylation is 1. The van der Waals surface area contributed by atoms with Crippen LogP contribution >= 0.6 is 11.3 Å². The lowest BCUT2D eigenvalue weighted by Gasteiger charge is -2.35. The van der Waals surface area contributed by atoms with Crippen LogP contribution in [0.1, 0.15) is 108 Å². The molecular formula is C57H83N11O9S2. The number of rotatable bonds is 30. The molecule has 4 aromatic rings. The molecule has 432 valence electrons. The predicted octanol–water partition coefficient (Wildman–Crippen LogP) is 6.49. The molecule has 0 spiro atoms. The number of unbranched alkanes of at least 4 members (excludes halogenated alkanes) is 1. The molecule has 2 aliphatic heterocycles. The van der Waals surface area contributed by atoms with E-state index >= 15 is 0 Å². The summed E-state index contributed by atoms with van der Waals surface area (Å²) in [5.41, 5.74) is 5.62. The highest BCUT2D eigenvalue weighted by molar-refractivity contribution is 7.89. The molecule has 7 rings (SSSR count). The third kappa shape index (κ3) is 18.0. The molecule has 0 bridgehead atoms. The van der Waals surface area contributed by atoms with Crippen LogP contribution in [-0.2, 0) is 49.9 Å². The lowest BCUT2D eigenvalue weighted by Crippen LogP contribution is -2.58. The summed E-state index contributed by atoms with van der Waals surface area (Å²) >= 11 is 1.59. The highest BCUT2D eigenvalue weighted by Crippen LogP contribution is 2.30. The smallest absolute Gasteiger partial charge is 0.246 e. The number of amides is 3. The van der Waals surface area contributed by atoms with Crippen LogP contribution in [0.25, 0.3) is 10.4 Å². The van der Waals surface area contributed by atoms with E-state index in [-0.39, 0.29) is 48.3 Å². The Morgan fingerprint density at radius 1 is 0.823 bits per heavy atom. The normalized spacial score (nSPS) is 17.1. The number of ether oxygens (including phenoxy) is 4. The van der Waals surface area contributed by atoms with Gasteiger partial charge in [-0.25, -0.2) is 18.4 Å². The minimum Gasteiger partial charge on any atom is -0.378 e. The standard InChI is InChI=1S/C57H83N11O9S2/c1-6-7-23-59-56-61-38-47(53(65-56)63-45-12-9-8-10-13-45)50(58)43-19-21-46(22-20-43)79(72,73)67-27-25-66(26-28-67)29-30-74-31-32-75-33-34-76-35-36-77-39-49(69)64-52(57(3,4)5)55(71)68-24-11-14-48(68)54(70)60-37-42-15-17-44(18-16-42)51-41(2)62-40-78-51/h15-22,38,40,45,48,52,58H,6-14,23-37,39H2,1-5H3,(H,60,70)(H,64,69)(H2,59,61,63,65)/t48-,52?/m0/s1. The van der Waals surface area contributed by atoms with Crippen molar-refractivity contribution in [2.75, 3.05) is 109 Å². The molecule has 20 nitrogen and oxygen atoms in total. The average Bonchev–Trinajstić information content (AvgIpc) is 4.16. The third-order valence-corrected chi connectivity index (χ3v) is 17.4. The van der Waals surface area contributed by atoms with Crippen molar-refractivity contribution >= 4 is 56.6 Å². The molecule has 1 unspecified atom stereocenters. The van der Waals surface area contributed by atoms with Crippen molar-refractivity contribution in [2.45, 2.75) is 122 Å². The van der Waals surface area contributed by atoms with Crippen LogP contribution in [0.15, 0.2) is 65.1 Å². The van der Waals surface area contributed by atoms with Crippen molar-refractivity contribution in [3.8, 4) is 10.4 Å². The van der Waals surface area contributed by atoms with Gasteiger partial charge in [0.25, 0.3) is 0 Å². The van der Waals surface area contributed by atoms with Crippen molar-refractivity contribution in [3.63, 3.8) is 0 Å². The molecular weight excluding hydrogens is 1050 g/mol. The second-order valence-electron chi connectivity index (χ2n) is 21.5. The van der Waals surface area contributed by atoms with Crippen molar-refractivity contribution < 1.29 is 41.7 Å². The molecule has 3 aliphatic rings. The Morgan fingerprint density at radius 3 is 2.14 bits per heavy atom. The van der Waals surface area contributed by atoms with Gasteiger partial charge in [0.2, 0.25) is 33.7 Å². The fraction of sp³-hybridized carbons (Fsp3) is 0.596. The fourth-order valence-electron chi connectivity index (χ4n) is 9.87. The predicted molar refractivity (Wildman–Crippen MR) is 307 cm³/mol. The lowest BCUT2D eigenvalue weighted by atomic mass is 9.85. The Balaban J connectivity index is 0.720. The second-order valence-corrected chi connectivity index (χ2v) is 24.3. The van der Waals surface area contributed by atoms with Crippen LogP contribution in [0, 0.1) is 17.7 Å². The van der Waals surface area contributed by atoms with Crippen molar-refractivity contribution in [1.29, 1.82) is 5.41 Å². The van der Waals surface area contributed by atoms with Gasteiger partial charge in [0, 0.05) is 70.2 Å². The fourth-order valence-corrected chi connectivity index (χ4v) is 12.1. The van der Waals surface area contributed by atoms with Crippen molar-refractivity contribution in [1.82, 2.24) is 39.7 Å². The molecule has 4 heterocycles. The summed E-state index contributed by atoms with van der Waals surface area (Å²) in [6.07, 6.45) is 10.6. The summed E-state index contributed by atoms with van der Waals surface area (Å²) in [6, 6.07) is 13.4. The van der Waals surface area contributed by atoms with E-state index in [1.54, 1.807) is 46.7 Å². The average molecular weight is 1130 g/mol. The van der Waals surface area contributed by atoms with E-state index in [2.05, 4.69) is 43.1 Å². The minimum absolute atomic E-state index is 0.176. The van der Waals surface area contributed by atoms with Gasteiger partial charge in [-0.15, -0.1) is 11.3 Å². The summed E-state index contributed by atoms with van der Waals surface area (Å²) in [4.78, 5) is 59.0. The number of piperazine rings is 1. The molecule has 1 aliphatic carbocycles. The van der Waals surface area contributed by atoms with E-state index in [1.807, 2.05) is 57.5 Å². The van der Waals surface area contributed by atoms with Crippen molar-refractivity contribution in [3.05, 3.63) is 82.6 Å². The van der Waals surface area contributed by atoms with Crippen LogP contribution < -0.4 is 21.3 Å². The van der Waals surface area contributed by atoms with E-state index in [0.717, 1.165) is 66.8 Å². The molecule has 5 N–H and O–H groups in total. The number of benzene rings is 2. The summed E-state index contributed by atoms with van der Waals surface area (Å²) in [6.45, 7) is 16.0. The Bertz CT molecular complexity index is 2690. The van der Waals surface area contributed by atoms with Gasteiger partial charge in [0.1, 0.15) is 24.5 Å². The summed E-state index contributed by atoms with van der Waals surface area (Å²) in [5.74, 6) is 0.221.